The standard InChI is InChI=1S/C22H25NO3/c1-4-5-12-26-21-14-18(7-8-19(21)15(2)3)23-11-10-16-13-17(22(24)25)6-9-20(16)23/h6-11,13-15H,4-5,12H2,1-3H3,(H,24,25). The van der Waals surface area contributed by atoms with Crippen molar-refractivity contribution < 1.29 is 14.6 Å². The number of hydrogen-bond acceptors (Lipinski definition) is 2. The van der Waals surface area contributed by atoms with E-state index >= 15 is 0 Å². The van der Waals surface area contributed by atoms with Crippen LogP contribution in [0, 0.1) is 0 Å². The highest BCUT2D eigenvalue weighted by Gasteiger charge is 2.12. The summed E-state index contributed by atoms with van der Waals surface area (Å²) in [5.41, 5.74) is 3.49. The molecule has 0 unspecified atom stereocenters. The zero-order valence-corrected chi connectivity index (χ0v) is 15.5. The van der Waals surface area contributed by atoms with Crippen molar-refractivity contribution in [1.82, 2.24) is 4.57 Å². The molecule has 0 bridgehead atoms. The van der Waals surface area contributed by atoms with Gasteiger partial charge in [0.25, 0.3) is 0 Å². The maximum absolute atomic E-state index is 11.2. The number of rotatable bonds is 7. The van der Waals surface area contributed by atoms with Gasteiger partial charge in [-0.05, 0) is 48.2 Å². The third kappa shape index (κ3) is 3.59. The van der Waals surface area contributed by atoms with Crippen LogP contribution in [0.4, 0.5) is 0 Å². The zero-order valence-electron chi connectivity index (χ0n) is 15.5. The molecule has 4 nitrogen and oxygen atoms in total. The number of carboxylic acid groups (broad SMARTS) is 1. The molecular weight excluding hydrogens is 326 g/mol. The Kier molecular flexibility index (Phi) is 5.31. The van der Waals surface area contributed by atoms with E-state index in [4.69, 9.17) is 9.84 Å². The summed E-state index contributed by atoms with van der Waals surface area (Å²) in [6.45, 7) is 7.20. The van der Waals surface area contributed by atoms with E-state index in [1.165, 1.54) is 5.56 Å². The molecule has 0 aliphatic heterocycles. The second kappa shape index (κ2) is 7.65. The first kappa shape index (κ1) is 18.1. The largest absolute Gasteiger partial charge is 0.493 e. The summed E-state index contributed by atoms with van der Waals surface area (Å²) in [5.74, 6) is 0.405. The predicted molar refractivity (Wildman–Crippen MR) is 105 cm³/mol. The van der Waals surface area contributed by atoms with Gasteiger partial charge in [-0.1, -0.05) is 33.3 Å². The molecule has 0 spiro atoms. The Morgan fingerprint density at radius 3 is 2.65 bits per heavy atom. The summed E-state index contributed by atoms with van der Waals surface area (Å²) >= 11 is 0. The lowest BCUT2D eigenvalue weighted by molar-refractivity contribution is 0.0697. The molecule has 0 radical (unpaired) electrons. The Labute approximate surface area is 154 Å². The maximum Gasteiger partial charge on any atom is 0.335 e. The van der Waals surface area contributed by atoms with Gasteiger partial charge < -0.3 is 14.4 Å². The molecule has 136 valence electrons. The third-order valence-corrected chi connectivity index (χ3v) is 4.59. The first-order valence-electron chi connectivity index (χ1n) is 9.12. The lowest BCUT2D eigenvalue weighted by Gasteiger charge is -2.16. The fourth-order valence-electron chi connectivity index (χ4n) is 3.10. The molecule has 4 heteroatoms. The van der Waals surface area contributed by atoms with E-state index in [-0.39, 0.29) is 0 Å². The number of nitrogens with zero attached hydrogens (tertiary/aromatic N) is 1. The van der Waals surface area contributed by atoms with Gasteiger partial charge in [-0.2, -0.15) is 0 Å². The van der Waals surface area contributed by atoms with E-state index in [1.54, 1.807) is 12.1 Å². The molecule has 1 heterocycles. The average molecular weight is 351 g/mol. The van der Waals surface area contributed by atoms with Gasteiger partial charge in [-0.15, -0.1) is 0 Å². The molecule has 3 rings (SSSR count). The minimum absolute atomic E-state index is 0.300. The van der Waals surface area contributed by atoms with Crippen LogP contribution in [0.25, 0.3) is 16.6 Å². The quantitative estimate of drug-likeness (QED) is 0.561. The lowest BCUT2D eigenvalue weighted by atomic mass is 10.0. The highest BCUT2D eigenvalue weighted by molar-refractivity contribution is 5.94. The van der Waals surface area contributed by atoms with Crippen molar-refractivity contribution in [3.63, 3.8) is 0 Å². The summed E-state index contributed by atoms with van der Waals surface area (Å²) < 4.78 is 8.12. The predicted octanol–water partition coefficient (Wildman–Crippen LogP) is 5.63. The molecule has 1 N–H and O–H groups in total. The average Bonchev–Trinajstić information content (AvgIpc) is 3.04. The number of aromatic carboxylic acids is 1. The Balaban J connectivity index is 2.02. The fourth-order valence-corrected chi connectivity index (χ4v) is 3.10. The number of aromatic nitrogens is 1. The topological polar surface area (TPSA) is 51.5 Å². The summed E-state index contributed by atoms with van der Waals surface area (Å²) in [4.78, 5) is 11.2. The van der Waals surface area contributed by atoms with Crippen LogP contribution in [-0.2, 0) is 0 Å². The van der Waals surface area contributed by atoms with Crippen molar-refractivity contribution >= 4 is 16.9 Å². The smallest absolute Gasteiger partial charge is 0.335 e. The van der Waals surface area contributed by atoms with Crippen LogP contribution in [0.1, 0.15) is 55.5 Å². The van der Waals surface area contributed by atoms with Gasteiger partial charge in [0.15, 0.2) is 0 Å². The number of carboxylic acids is 1. The minimum Gasteiger partial charge on any atom is -0.493 e. The van der Waals surface area contributed by atoms with Gasteiger partial charge in [0, 0.05) is 23.3 Å². The highest BCUT2D eigenvalue weighted by atomic mass is 16.5. The monoisotopic (exact) mass is 351 g/mol. The molecule has 0 saturated heterocycles. The molecular formula is C22H25NO3. The van der Waals surface area contributed by atoms with E-state index in [1.807, 2.05) is 18.3 Å². The van der Waals surface area contributed by atoms with E-state index in [0.717, 1.165) is 35.2 Å². The van der Waals surface area contributed by atoms with Gasteiger partial charge >= 0.3 is 5.97 Å². The number of ether oxygens (including phenoxy) is 1. The second-order valence-electron chi connectivity index (χ2n) is 6.84. The molecule has 26 heavy (non-hydrogen) atoms. The van der Waals surface area contributed by atoms with Crippen LogP contribution < -0.4 is 4.74 Å². The van der Waals surface area contributed by atoms with Gasteiger partial charge in [0.1, 0.15) is 5.75 Å². The first-order valence-corrected chi connectivity index (χ1v) is 9.12. The van der Waals surface area contributed by atoms with Crippen LogP contribution in [-0.4, -0.2) is 22.2 Å². The molecule has 0 aliphatic rings. The van der Waals surface area contributed by atoms with Gasteiger partial charge in [0.05, 0.1) is 17.7 Å². The van der Waals surface area contributed by atoms with Crippen molar-refractivity contribution in [2.45, 2.75) is 39.5 Å². The van der Waals surface area contributed by atoms with Crippen LogP contribution >= 0.6 is 0 Å². The molecule has 0 amide bonds. The summed E-state index contributed by atoms with van der Waals surface area (Å²) in [7, 11) is 0. The van der Waals surface area contributed by atoms with Crippen LogP contribution in [0.15, 0.2) is 48.7 Å². The normalized spacial score (nSPS) is 11.2. The number of unbranched alkanes of at least 4 members (excludes halogenated alkanes) is 1. The van der Waals surface area contributed by atoms with Crippen molar-refractivity contribution in [3.8, 4) is 11.4 Å². The molecule has 3 aromatic rings. The first-order chi connectivity index (χ1) is 12.5. The third-order valence-electron chi connectivity index (χ3n) is 4.59. The Hall–Kier alpha value is -2.75. The Morgan fingerprint density at radius 2 is 1.96 bits per heavy atom. The SMILES string of the molecule is CCCCOc1cc(-n2ccc3cc(C(=O)O)ccc32)ccc1C(C)C. The molecule has 1 aromatic heterocycles. The van der Waals surface area contributed by atoms with Crippen molar-refractivity contribution in [2.24, 2.45) is 0 Å². The zero-order chi connectivity index (χ0) is 18.7. The van der Waals surface area contributed by atoms with Crippen LogP contribution in [0.2, 0.25) is 0 Å². The van der Waals surface area contributed by atoms with Crippen LogP contribution in [0.3, 0.4) is 0 Å². The van der Waals surface area contributed by atoms with Crippen molar-refractivity contribution in [1.29, 1.82) is 0 Å². The molecule has 0 aliphatic carbocycles. The summed E-state index contributed by atoms with van der Waals surface area (Å²) in [5, 5.41) is 10.1. The summed E-state index contributed by atoms with van der Waals surface area (Å²) in [6, 6.07) is 13.4. The second-order valence-corrected chi connectivity index (χ2v) is 6.84. The van der Waals surface area contributed by atoms with Gasteiger partial charge in [0.2, 0.25) is 0 Å². The number of benzene rings is 2. The van der Waals surface area contributed by atoms with Crippen molar-refractivity contribution in [2.75, 3.05) is 6.61 Å². The molecule has 0 saturated carbocycles. The van der Waals surface area contributed by atoms with Crippen LogP contribution in [0.5, 0.6) is 5.75 Å². The number of fused-ring (bicyclic) bond motifs is 1. The summed E-state index contributed by atoms with van der Waals surface area (Å²) in [6.07, 6.45) is 4.10. The molecule has 0 fully saturated rings. The highest BCUT2D eigenvalue weighted by Crippen LogP contribution is 2.31. The molecule has 2 aromatic carbocycles. The van der Waals surface area contributed by atoms with E-state index < -0.39 is 5.97 Å². The van der Waals surface area contributed by atoms with E-state index in [0.29, 0.717) is 18.1 Å². The van der Waals surface area contributed by atoms with Gasteiger partial charge in [-0.25, -0.2) is 4.79 Å². The maximum atomic E-state index is 11.2. The van der Waals surface area contributed by atoms with Gasteiger partial charge in [-0.3, -0.25) is 0 Å². The minimum atomic E-state index is -0.910. The fraction of sp³-hybridized carbons (Fsp3) is 0.318. The van der Waals surface area contributed by atoms with E-state index in [9.17, 15) is 4.79 Å². The van der Waals surface area contributed by atoms with E-state index in [2.05, 4.69) is 43.5 Å². The molecule has 0 atom stereocenters. The number of hydrogen-bond donors (Lipinski definition) is 1. The lowest BCUT2D eigenvalue weighted by Crippen LogP contribution is -2.03. The number of carbonyl (C=O) groups is 1. The van der Waals surface area contributed by atoms with Crippen molar-refractivity contribution in [3.05, 3.63) is 59.8 Å². The Morgan fingerprint density at radius 1 is 1.15 bits per heavy atom. The Bertz CT molecular complexity index is 924.